The zero-order valence-electron chi connectivity index (χ0n) is 22.2. The zero-order chi connectivity index (χ0) is 23.9. The summed E-state index contributed by atoms with van der Waals surface area (Å²) in [6.45, 7) is 13.2. The summed E-state index contributed by atoms with van der Waals surface area (Å²) >= 11 is 0. The van der Waals surface area contributed by atoms with Crippen LogP contribution in [0.3, 0.4) is 0 Å². The van der Waals surface area contributed by atoms with Crippen molar-refractivity contribution in [3.05, 3.63) is 0 Å². The van der Waals surface area contributed by atoms with Gasteiger partial charge in [-0.2, -0.15) is 0 Å². The molecule has 4 heteroatoms. The highest BCUT2D eigenvalue weighted by Gasteiger charge is 2.80. The van der Waals surface area contributed by atoms with E-state index >= 15 is 0 Å². The fourth-order valence-corrected chi connectivity index (χ4v) is 12.5. The van der Waals surface area contributed by atoms with Gasteiger partial charge in [0.15, 0.2) is 0 Å². The third kappa shape index (κ3) is 2.22. The minimum absolute atomic E-state index is 0.136. The van der Waals surface area contributed by atoms with Crippen LogP contribution in [0.15, 0.2) is 0 Å². The van der Waals surface area contributed by atoms with E-state index in [2.05, 4.69) is 32.6 Å². The van der Waals surface area contributed by atoms with Crippen LogP contribution in [0.1, 0.15) is 105 Å². The Hall–Kier alpha value is -0.610. The number of ether oxygens (including phenoxy) is 1. The summed E-state index contributed by atoms with van der Waals surface area (Å²) in [6.07, 6.45) is 13.1. The summed E-state index contributed by atoms with van der Waals surface area (Å²) in [7, 11) is 0. The average molecular weight is 470 g/mol. The molecule has 3 aliphatic carbocycles. The molecule has 7 unspecified atom stereocenters. The number of fused-ring (bicyclic) bond motifs is 4. The number of aliphatic hydroxyl groups excluding tert-OH is 1. The fourth-order valence-electron chi connectivity index (χ4n) is 12.5. The molecule has 4 heterocycles. The summed E-state index contributed by atoms with van der Waals surface area (Å²) in [6, 6.07) is 0.719. The molecule has 12 atom stereocenters. The molecule has 1 N–H and O–H groups in total. The lowest BCUT2D eigenvalue weighted by Crippen LogP contribution is -2.68. The van der Waals surface area contributed by atoms with Gasteiger partial charge in [-0.3, -0.25) is 9.69 Å². The second-order valence-corrected chi connectivity index (χ2v) is 14.9. The Balaban J connectivity index is 1.34. The molecule has 0 aromatic heterocycles. The molecule has 34 heavy (non-hydrogen) atoms. The third-order valence-electron chi connectivity index (χ3n) is 14.1. The van der Waals surface area contributed by atoms with Crippen LogP contribution >= 0.6 is 0 Å². The molecule has 7 bridgehead atoms. The fraction of sp³-hybridized carbons (Fsp3) is 0.967. The molecule has 1 spiro atoms. The van der Waals surface area contributed by atoms with E-state index in [0.717, 1.165) is 42.6 Å². The van der Waals surface area contributed by atoms with Crippen molar-refractivity contribution in [1.82, 2.24) is 4.90 Å². The Morgan fingerprint density at radius 1 is 1.06 bits per heavy atom. The molecule has 4 nitrogen and oxygen atoms in total. The molecular formula is C30H47NO3. The SMILES string of the molecule is CC(C)C1CC[C@@]2(C)C3CC[C@]45CCCC4[C@@]2(CCC2[C@]4(C)C(=O)O[C@@]2(C)CCC4O)C1N5C3. The number of rotatable bonds is 4. The Bertz CT molecular complexity index is 919. The van der Waals surface area contributed by atoms with Gasteiger partial charge in [0.05, 0.1) is 11.5 Å². The highest BCUT2D eigenvalue weighted by molar-refractivity contribution is 5.81. The molecular weight excluding hydrogens is 422 g/mol. The lowest BCUT2D eigenvalue weighted by molar-refractivity contribution is -0.186. The van der Waals surface area contributed by atoms with Gasteiger partial charge < -0.3 is 9.84 Å². The van der Waals surface area contributed by atoms with E-state index in [4.69, 9.17) is 4.74 Å². The number of carbonyl (C=O) groups is 1. The van der Waals surface area contributed by atoms with E-state index in [1.807, 2.05) is 6.92 Å². The Labute approximate surface area is 206 Å². The lowest BCUT2D eigenvalue weighted by Gasteiger charge is -2.67. The first-order valence-corrected chi connectivity index (χ1v) is 14.7. The maximum atomic E-state index is 13.1. The van der Waals surface area contributed by atoms with Crippen molar-refractivity contribution in [2.75, 3.05) is 6.54 Å². The quantitative estimate of drug-likeness (QED) is 0.547. The number of hydrogen-bond donors (Lipinski definition) is 1. The van der Waals surface area contributed by atoms with E-state index in [0.29, 0.717) is 22.8 Å². The smallest absolute Gasteiger partial charge is 0.315 e. The summed E-state index contributed by atoms with van der Waals surface area (Å²) in [5, 5.41) is 11.0. The summed E-state index contributed by atoms with van der Waals surface area (Å²) < 4.78 is 6.08. The highest BCUT2D eigenvalue weighted by Crippen LogP contribution is 2.79. The van der Waals surface area contributed by atoms with Gasteiger partial charge in [-0.15, -0.1) is 0 Å². The molecule has 4 saturated heterocycles. The monoisotopic (exact) mass is 469 g/mol. The predicted molar refractivity (Wildman–Crippen MR) is 132 cm³/mol. The van der Waals surface area contributed by atoms with Crippen molar-refractivity contribution in [3.63, 3.8) is 0 Å². The second-order valence-electron chi connectivity index (χ2n) is 14.9. The Morgan fingerprint density at radius 3 is 2.62 bits per heavy atom. The molecule has 7 aliphatic rings. The van der Waals surface area contributed by atoms with Gasteiger partial charge in [-0.25, -0.2) is 0 Å². The molecule has 0 aromatic rings. The third-order valence-corrected chi connectivity index (χ3v) is 14.1. The summed E-state index contributed by atoms with van der Waals surface area (Å²) in [5.41, 5.74) is 0.131. The standard InChI is InChI=1S/C30H47NO3/c1-18(2)20-9-13-26(3)19-8-15-29-12-6-7-22(29)30(26,24(20)31(29)17-19)16-10-21-27(4)14-11-23(32)28(21,5)25(33)34-27/h18-24,32H,6-17H2,1-5H3/t19?,20?,21?,22?,23?,24?,26-,27-,28-,29+,30-/m0/s1. The van der Waals surface area contributed by atoms with Gasteiger partial charge >= 0.3 is 5.97 Å². The maximum Gasteiger partial charge on any atom is 0.315 e. The van der Waals surface area contributed by atoms with E-state index < -0.39 is 17.1 Å². The average Bonchev–Trinajstić information content (AvgIpc) is 3.31. The van der Waals surface area contributed by atoms with Gasteiger partial charge in [-0.1, -0.05) is 27.2 Å². The van der Waals surface area contributed by atoms with Crippen LogP contribution < -0.4 is 0 Å². The second kappa shape index (κ2) is 6.63. The van der Waals surface area contributed by atoms with Crippen LogP contribution in [0.2, 0.25) is 0 Å². The van der Waals surface area contributed by atoms with Crippen LogP contribution in [0, 0.1) is 45.8 Å². The van der Waals surface area contributed by atoms with E-state index in [9.17, 15) is 9.90 Å². The molecule has 7 rings (SSSR count). The van der Waals surface area contributed by atoms with Gasteiger partial charge in [0, 0.05) is 24.0 Å². The Kier molecular flexibility index (Phi) is 4.40. The van der Waals surface area contributed by atoms with Crippen LogP contribution in [-0.4, -0.2) is 45.8 Å². The lowest BCUT2D eigenvalue weighted by atomic mass is 9.41. The number of aliphatic hydroxyl groups is 1. The molecule has 0 aromatic carbocycles. The minimum atomic E-state index is -0.726. The molecule has 190 valence electrons. The first-order chi connectivity index (χ1) is 16.0. The zero-order valence-corrected chi connectivity index (χ0v) is 22.2. The molecule has 7 fully saturated rings. The van der Waals surface area contributed by atoms with E-state index in [1.165, 1.54) is 57.9 Å². The number of esters is 1. The van der Waals surface area contributed by atoms with Gasteiger partial charge in [0.1, 0.15) is 5.60 Å². The summed E-state index contributed by atoms with van der Waals surface area (Å²) in [4.78, 5) is 16.2. The normalized spacial score (nSPS) is 61.1. The maximum absolute atomic E-state index is 13.1. The van der Waals surface area contributed by atoms with Crippen LogP contribution in [-0.2, 0) is 9.53 Å². The van der Waals surface area contributed by atoms with Crippen molar-refractivity contribution in [3.8, 4) is 0 Å². The number of carbonyl (C=O) groups excluding carboxylic acids is 1. The van der Waals surface area contributed by atoms with Crippen molar-refractivity contribution in [2.45, 2.75) is 129 Å². The van der Waals surface area contributed by atoms with Crippen molar-refractivity contribution < 1.29 is 14.6 Å². The molecule has 4 aliphatic heterocycles. The first-order valence-electron chi connectivity index (χ1n) is 14.7. The minimum Gasteiger partial charge on any atom is -0.459 e. The van der Waals surface area contributed by atoms with Crippen molar-refractivity contribution in [2.24, 2.45) is 45.8 Å². The topological polar surface area (TPSA) is 49.8 Å². The van der Waals surface area contributed by atoms with Gasteiger partial charge in [-0.05, 0) is 113 Å². The predicted octanol–water partition coefficient (Wildman–Crippen LogP) is 5.56. The Morgan fingerprint density at radius 2 is 1.85 bits per heavy atom. The van der Waals surface area contributed by atoms with E-state index in [-0.39, 0.29) is 11.9 Å². The largest absolute Gasteiger partial charge is 0.459 e. The van der Waals surface area contributed by atoms with Crippen LogP contribution in [0.25, 0.3) is 0 Å². The van der Waals surface area contributed by atoms with Crippen molar-refractivity contribution in [1.29, 1.82) is 0 Å². The van der Waals surface area contributed by atoms with E-state index in [1.54, 1.807) is 0 Å². The number of hydrogen-bond acceptors (Lipinski definition) is 4. The van der Waals surface area contributed by atoms with Crippen molar-refractivity contribution >= 4 is 5.97 Å². The first kappa shape index (κ1) is 22.6. The summed E-state index contributed by atoms with van der Waals surface area (Å²) in [5.74, 6) is 3.20. The molecule has 3 saturated carbocycles. The molecule has 0 amide bonds. The van der Waals surface area contributed by atoms with Crippen LogP contribution in [0.4, 0.5) is 0 Å². The molecule has 0 radical (unpaired) electrons. The van der Waals surface area contributed by atoms with Gasteiger partial charge in [0.25, 0.3) is 0 Å². The van der Waals surface area contributed by atoms with Gasteiger partial charge in [0.2, 0.25) is 0 Å². The number of piperidine rings is 2. The number of nitrogens with zero attached hydrogens (tertiary/aromatic N) is 1. The highest BCUT2D eigenvalue weighted by atomic mass is 16.6. The van der Waals surface area contributed by atoms with Crippen LogP contribution in [0.5, 0.6) is 0 Å².